The summed E-state index contributed by atoms with van der Waals surface area (Å²) in [4.78, 5) is 23.7. The van der Waals surface area contributed by atoms with Crippen molar-refractivity contribution in [2.24, 2.45) is 0 Å². The molecule has 34 heavy (non-hydrogen) atoms. The number of piperazine rings is 1. The fourth-order valence-electron chi connectivity index (χ4n) is 4.00. The molecule has 2 aromatic carbocycles. The lowest BCUT2D eigenvalue weighted by atomic mass is 10.1. The predicted octanol–water partition coefficient (Wildman–Crippen LogP) is 3.01. The third-order valence-corrected chi connectivity index (χ3v) is 6.21. The van der Waals surface area contributed by atoms with Gasteiger partial charge in [-0.1, -0.05) is 35.4 Å². The molecule has 1 amide bonds. The Morgan fingerprint density at radius 2 is 2.06 bits per heavy atom. The molecule has 1 aliphatic rings. The van der Waals surface area contributed by atoms with Crippen LogP contribution in [0.3, 0.4) is 0 Å². The number of nitrogens with zero attached hydrogens (tertiary/aromatic N) is 5. The maximum atomic E-state index is 13.3. The number of aromatic nitrogens is 4. The van der Waals surface area contributed by atoms with Gasteiger partial charge in [0.25, 0.3) is 0 Å². The molecule has 174 valence electrons. The van der Waals surface area contributed by atoms with Gasteiger partial charge in [0.1, 0.15) is 24.0 Å². The van der Waals surface area contributed by atoms with Gasteiger partial charge in [-0.15, -0.1) is 5.10 Å². The zero-order chi connectivity index (χ0) is 23.7. The summed E-state index contributed by atoms with van der Waals surface area (Å²) in [5, 5.41) is 11.8. The van der Waals surface area contributed by atoms with Gasteiger partial charge in [-0.05, 0) is 36.8 Å². The van der Waals surface area contributed by atoms with Crippen LogP contribution in [0.1, 0.15) is 11.1 Å². The number of hydrogen-bond acceptors (Lipinski definition) is 6. The molecule has 8 nitrogen and oxygen atoms in total. The van der Waals surface area contributed by atoms with E-state index in [9.17, 15) is 9.18 Å². The number of aryl methyl sites for hydroxylation is 1. The average molecular weight is 480 g/mol. The summed E-state index contributed by atoms with van der Waals surface area (Å²) in [6.07, 6.45) is 3.42. The highest BCUT2D eigenvalue weighted by Crippen LogP contribution is 2.25. The molecule has 1 atom stereocenters. The monoisotopic (exact) mass is 479 g/mol. The summed E-state index contributed by atoms with van der Waals surface area (Å²) in [7, 11) is 0. The molecular formula is C24H23ClFN7O. The molecule has 3 heterocycles. The van der Waals surface area contributed by atoms with Crippen LogP contribution in [0.2, 0.25) is 5.02 Å². The second-order valence-electron chi connectivity index (χ2n) is 8.25. The summed E-state index contributed by atoms with van der Waals surface area (Å²) in [6, 6.07) is 11.8. The molecule has 4 aromatic rings. The molecule has 2 aromatic heterocycles. The van der Waals surface area contributed by atoms with E-state index in [1.807, 2.05) is 37.4 Å². The Hall–Kier alpha value is -3.56. The van der Waals surface area contributed by atoms with E-state index in [4.69, 9.17) is 11.6 Å². The van der Waals surface area contributed by atoms with Crippen LogP contribution in [0.25, 0.3) is 16.7 Å². The summed E-state index contributed by atoms with van der Waals surface area (Å²) < 4.78 is 15.1. The molecule has 0 saturated carbocycles. The van der Waals surface area contributed by atoms with Crippen molar-refractivity contribution in [2.45, 2.75) is 19.5 Å². The first-order valence-corrected chi connectivity index (χ1v) is 11.3. The molecule has 1 fully saturated rings. The Morgan fingerprint density at radius 3 is 2.85 bits per heavy atom. The van der Waals surface area contributed by atoms with Crippen molar-refractivity contribution < 1.29 is 9.18 Å². The number of halogens is 2. The topological polar surface area (TPSA) is 88.0 Å². The normalized spacial score (nSPS) is 16.1. The molecule has 2 N–H and O–H groups in total. The number of rotatable bonds is 5. The van der Waals surface area contributed by atoms with E-state index < -0.39 is 11.9 Å². The Kier molecular flexibility index (Phi) is 6.12. The van der Waals surface area contributed by atoms with Gasteiger partial charge in [-0.3, -0.25) is 4.79 Å². The summed E-state index contributed by atoms with van der Waals surface area (Å²) in [5.41, 5.74) is 3.36. The maximum Gasteiger partial charge on any atom is 0.239 e. The van der Waals surface area contributed by atoms with Crippen LogP contribution in [0.4, 0.5) is 10.2 Å². The van der Waals surface area contributed by atoms with Crippen LogP contribution < -0.4 is 15.5 Å². The van der Waals surface area contributed by atoms with E-state index in [-0.39, 0.29) is 17.5 Å². The lowest BCUT2D eigenvalue weighted by Crippen LogP contribution is -2.57. The highest BCUT2D eigenvalue weighted by atomic mass is 35.5. The molecule has 1 saturated heterocycles. The zero-order valence-electron chi connectivity index (χ0n) is 18.5. The van der Waals surface area contributed by atoms with Crippen molar-refractivity contribution in [1.29, 1.82) is 0 Å². The fraction of sp³-hybridized carbons (Fsp3) is 0.250. The van der Waals surface area contributed by atoms with Crippen molar-refractivity contribution in [1.82, 2.24) is 30.4 Å². The Bertz CT molecular complexity index is 1340. The van der Waals surface area contributed by atoms with Gasteiger partial charge in [0.15, 0.2) is 5.65 Å². The van der Waals surface area contributed by atoms with Crippen molar-refractivity contribution in [3.8, 4) is 5.69 Å². The summed E-state index contributed by atoms with van der Waals surface area (Å²) >= 11 is 6.07. The van der Waals surface area contributed by atoms with Crippen molar-refractivity contribution in [3.63, 3.8) is 0 Å². The highest BCUT2D eigenvalue weighted by molar-refractivity contribution is 6.31. The molecule has 0 spiro atoms. The maximum absolute atomic E-state index is 13.3. The van der Waals surface area contributed by atoms with E-state index in [1.165, 1.54) is 24.0 Å². The Balaban J connectivity index is 1.32. The van der Waals surface area contributed by atoms with Crippen LogP contribution >= 0.6 is 11.6 Å². The number of amides is 1. The number of carbonyl (C=O) groups excluding carboxylic acids is 1. The number of benzene rings is 2. The van der Waals surface area contributed by atoms with E-state index in [1.54, 1.807) is 10.7 Å². The molecular weight excluding hydrogens is 457 g/mol. The Morgan fingerprint density at radius 1 is 1.24 bits per heavy atom. The molecule has 0 bridgehead atoms. The quantitative estimate of drug-likeness (QED) is 0.457. The largest absolute Gasteiger partial charge is 0.353 e. The van der Waals surface area contributed by atoms with E-state index in [0.717, 1.165) is 16.9 Å². The van der Waals surface area contributed by atoms with Crippen molar-refractivity contribution in [3.05, 3.63) is 77.0 Å². The smallest absolute Gasteiger partial charge is 0.239 e. The number of carbonyl (C=O) groups is 1. The van der Waals surface area contributed by atoms with Gasteiger partial charge < -0.3 is 15.5 Å². The van der Waals surface area contributed by atoms with Gasteiger partial charge >= 0.3 is 0 Å². The summed E-state index contributed by atoms with van der Waals surface area (Å²) in [5.74, 6) is 0.168. The number of nitrogens with one attached hydrogen (secondary N) is 2. The first-order valence-electron chi connectivity index (χ1n) is 11.0. The van der Waals surface area contributed by atoms with E-state index in [0.29, 0.717) is 30.8 Å². The third-order valence-electron chi connectivity index (χ3n) is 5.85. The second kappa shape index (κ2) is 9.36. The van der Waals surface area contributed by atoms with Gasteiger partial charge in [0, 0.05) is 37.4 Å². The fourth-order valence-corrected chi connectivity index (χ4v) is 4.23. The van der Waals surface area contributed by atoms with E-state index in [2.05, 4.69) is 30.6 Å². The highest BCUT2D eigenvalue weighted by Gasteiger charge is 2.27. The predicted molar refractivity (Wildman–Crippen MR) is 129 cm³/mol. The van der Waals surface area contributed by atoms with Crippen LogP contribution in [-0.4, -0.2) is 51.3 Å². The Labute approximate surface area is 200 Å². The number of anilines is 1. The van der Waals surface area contributed by atoms with Gasteiger partial charge in [0.05, 0.1) is 11.1 Å². The molecule has 5 rings (SSSR count). The summed E-state index contributed by atoms with van der Waals surface area (Å²) in [6.45, 7) is 4.00. The molecule has 1 unspecified atom stereocenters. The first-order chi connectivity index (χ1) is 16.5. The number of hydrogen-bond donors (Lipinski definition) is 2. The second-order valence-corrected chi connectivity index (χ2v) is 8.66. The van der Waals surface area contributed by atoms with Gasteiger partial charge in [-0.25, -0.2) is 19.0 Å². The SMILES string of the molecule is Cc1ccc(-n2cc3c(N4CCNC(C(=O)NCc5ccc(F)cc5Cl)C4)ncnc3n2)cc1. The number of fused-ring (bicyclic) bond motifs is 1. The first kappa shape index (κ1) is 22.2. The average Bonchev–Trinajstić information content (AvgIpc) is 3.28. The minimum absolute atomic E-state index is 0.161. The molecule has 0 aliphatic carbocycles. The standard InChI is InChI=1S/C24H23ClFN7O/c1-15-2-6-18(7-3-15)33-12-19-22(31-33)29-14-30-23(19)32-9-8-27-21(13-32)24(34)28-11-16-4-5-17(26)10-20(16)25/h2-7,10,12,14,21,27H,8-9,11,13H2,1H3,(H,28,34). The van der Waals surface area contributed by atoms with E-state index >= 15 is 0 Å². The molecule has 10 heteroatoms. The lowest BCUT2D eigenvalue weighted by Gasteiger charge is -2.33. The minimum atomic E-state index is -0.440. The molecule has 1 aliphatic heterocycles. The van der Waals surface area contributed by atoms with Crippen molar-refractivity contribution >= 4 is 34.4 Å². The van der Waals surface area contributed by atoms with Crippen LogP contribution in [-0.2, 0) is 11.3 Å². The van der Waals surface area contributed by atoms with Crippen LogP contribution in [0.15, 0.2) is 55.0 Å². The van der Waals surface area contributed by atoms with Crippen LogP contribution in [0.5, 0.6) is 0 Å². The third kappa shape index (κ3) is 4.57. The minimum Gasteiger partial charge on any atom is -0.353 e. The molecule has 0 radical (unpaired) electrons. The zero-order valence-corrected chi connectivity index (χ0v) is 19.3. The van der Waals surface area contributed by atoms with Crippen molar-refractivity contribution in [2.75, 3.05) is 24.5 Å². The van der Waals surface area contributed by atoms with Crippen LogP contribution in [0, 0.1) is 12.7 Å². The van der Waals surface area contributed by atoms with Gasteiger partial charge in [-0.2, -0.15) is 0 Å². The van der Waals surface area contributed by atoms with Gasteiger partial charge in [0.2, 0.25) is 5.91 Å². The lowest BCUT2D eigenvalue weighted by molar-refractivity contribution is -0.123.